The van der Waals surface area contributed by atoms with E-state index in [1.54, 1.807) is 0 Å². The Hall–Kier alpha value is -0.000000000000000111. The number of nitrogens with one attached hydrogen (secondary N) is 1. The molecule has 0 atom stereocenters. The van der Waals surface area contributed by atoms with E-state index in [4.69, 9.17) is 0 Å². The zero-order valence-electron chi connectivity index (χ0n) is 11.5. The number of hydrogen-bond acceptors (Lipinski definition) is 2. The molecule has 1 aliphatic carbocycles. The molecule has 0 radical (unpaired) electrons. The van der Waals surface area contributed by atoms with Gasteiger partial charge in [0.25, 0.3) is 5.91 Å². The number of benzene rings is 1. The minimum absolute atomic E-state index is 0.00312. The highest BCUT2D eigenvalue weighted by Gasteiger charge is 2.31. The molecule has 1 amide bonds. The number of rotatable bonds is 4. The fourth-order valence-electron chi connectivity index (χ4n) is 2.66. The molecular weight excluding hydrogens is 402 g/mol. The summed E-state index contributed by atoms with van der Waals surface area (Å²) in [6, 6.07) is 5.64. The zero-order chi connectivity index (χ0) is 14.6. The predicted octanol–water partition coefficient (Wildman–Crippen LogP) is 5.01. The lowest BCUT2D eigenvalue weighted by atomic mass is 9.88. The van der Waals surface area contributed by atoms with Crippen molar-refractivity contribution < 1.29 is 4.79 Å². The summed E-state index contributed by atoms with van der Waals surface area (Å²) in [4.78, 5) is 12.3. The molecular formula is C15H19Br2NOS. The Bertz CT molecular complexity index is 487. The first-order valence-corrected chi connectivity index (χ1v) is 9.66. The Balaban J connectivity index is 2.00. The number of hydrogen-bond donors (Lipinski definition) is 1. The molecule has 20 heavy (non-hydrogen) atoms. The Morgan fingerprint density at radius 1 is 1.30 bits per heavy atom. The summed E-state index contributed by atoms with van der Waals surface area (Å²) in [6.45, 7) is 0.759. The maximum atomic E-state index is 12.3. The molecule has 0 bridgehead atoms. The monoisotopic (exact) mass is 419 g/mol. The minimum atomic E-state index is 0.00312. The molecule has 0 spiro atoms. The highest BCUT2D eigenvalue weighted by atomic mass is 79.9. The van der Waals surface area contributed by atoms with Crippen LogP contribution in [0.15, 0.2) is 27.1 Å². The molecule has 0 aromatic heterocycles. The van der Waals surface area contributed by atoms with Crippen LogP contribution in [-0.4, -0.2) is 23.5 Å². The van der Waals surface area contributed by atoms with Crippen molar-refractivity contribution in [2.24, 2.45) is 0 Å². The molecule has 1 saturated carbocycles. The summed E-state index contributed by atoms with van der Waals surface area (Å²) >= 11 is 8.75. The van der Waals surface area contributed by atoms with Crippen molar-refractivity contribution in [1.29, 1.82) is 0 Å². The lowest BCUT2D eigenvalue weighted by Crippen LogP contribution is -2.41. The van der Waals surface area contributed by atoms with Gasteiger partial charge in [0, 0.05) is 20.2 Å². The van der Waals surface area contributed by atoms with E-state index in [0.29, 0.717) is 5.56 Å². The van der Waals surface area contributed by atoms with E-state index < -0.39 is 0 Å². The molecule has 0 unspecified atom stereocenters. The van der Waals surface area contributed by atoms with Gasteiger partial charge in [0.2, 0.25) is 0 Å². The van der Waals surface area contributed by atoms with Crippen molar-refractivity contribution >= 4 is 49.5 Å². The van der Waals surface area contributed by atoms with Gasteiger partial charge in [-0.3, -0.25) is 4.79 Å². The fraction of sp³-hybridized carbons (Fsp3) is 0.533. The van der Waals surface area contributed by atoms with Crippen molar-refractivity contribution in [2.75, 3.05) is 12.8 Å². The van der Waals surface area contributed by atoms with Crippen molar-refractivity contribution in [3.63, 3.8) is 0 Å². The molecule has 0 heterocycles. The maximum Gasteiger partial charge on any atom is 0.252 e. The van der Waals surface area contributed by atoms with Crippen LogP contribution < -0.4 is 5.32 Å². The SMILES string of the molecule is CSC1(CNC(=O)c2ccc(Br)cc2Br)CCCCC1. The van der Waals surface area contributed by atoms with E-state index in [0.717, 1.165) is 15.5 Å². The van der Waals surface area contributed by atoms with Crippen LogP contribution in [-0.2, 0) is 0 Å². The zero-order valence-corrected chi connectivity index (χ0v) is 15.5. The molecule has 5 heteroatoms. The van der Waals surface area contributed by atoms with Crippen LogP contribution in [0, 0.1) is 0 Å². The minimum Gasteiger partial charge on any atom is -0.351 e. The van der Waals surface area contributed by atoms with Gasteiger partial charge in [-0.1, -0.05) is 35.2 Å². The molecule has 1 aromatic rings. The van der Waals surface area contributed by atoms with Crippen LogP contribution in [0.4, 0.5) is 0 Å². The predicted molar refractivity (Wildman–Crippen MR) is 93.5 cm³/mol. The van der Waals surface area contributed by atoms with Gasteiger partial charge in [-0.2, -0.15) is 11.8 Å². The first-order chi connectivity index (χ1) is 9.56. The fourth-order valence-corrected chi connectivity index (χ4v) is 4.80. The molecule has 1 fully saturated rings. The first kappa shape index (κ1) is 16.4. The normalized spacial score (nSPS) is 17.8. The van der Waals surface area contributed by atoms with E-state index in [1.165, 1.54) is 32.1 Å². The van der Waals surface area contributed by atoms with Gasteiger partial charge in [0.1, 0.15) is 0 Å². The first-order valence-electron chi connectivity index (χ1n) is 6.85. The van der Waals surface area contributed by atoms with Gasteiger partial charge in [-0.25, -0.2) is 0 Å². The quantitative estimate of drug-likeness (QED) is 0.741. The van der Waals surface area contributed by atoms with E-state index in [9.17, 15) is 4.79 Å². The van der Waals surface area contributed by atoms with Crippen LogP contribution >= 0.6 is 43.6 Å². The lowest BCUT2D eigenvalue weighted by molar-refractivity contribution is 0.0946. The van der Waals surface area contributed by atoms with Crippen LogP contribution in [0.5, 0.6) is 0 Å². The second-order valence-electron chi connectivity index (χ2n) is 5.25. The molecule has 0 saturated heterocycles. The van der Waals surface area contributed by atoms with Crippen LogP contribution in [0.2, 0.25) is 0 Å². The molecule has 110 valence electrons. The summed E-state index contributed by atoms with van der Waals surface area (Å²) in [5, 5.41) is 3.12. The smallest absolute Gasteiger partial charge is 0.252 e. The largest absolute Gasteiger partial charge is 0.351 e. The van der Waals surface area contributed by atoms with Crippen LogP contribution in [0.3, 0.4) is 0 Å². The lowest BCUT2D eigenvalue weighted by Gasteiger charge is -2.35. The average molecular weight is 421 g/mol. The van der Waals surface area contributed by atoms with Gasteiger partial charge < -0.3 is 5.32 Å². The number of carbonyl (C=O) groups is 1. The third kappa shape index (κ3) is 4.01. The molecule has 1 aliphatic rings. The number of amides is 1. The number of halogens is 2. The standard InChI is InChI=1S/C15H19Br2NOS/c1-20-15(7-3-2-4-8-15)10-18-14(19)12-6-5-11(16)9-13(12)17/h5-6,9H,2-4,7-8,10H2,1H3,(H,18,19). The Morgan fingerprint density at radius 3 is 2.60 bits per heavy atom. The molecule has 0 aliphatic heterocycles. The summed E-state index contributed by atoms with van der Waals surface area (Å²) in [6.07, 6.45) is 8.45. The molecule has 2 rings (SSSR count). The number of thioether (sulfide) groups is 1. The Labute approximate surface area is 141 Å². The van der Waals surface area contributed by atoms with Crippen LogP contribution in [0.25, 0.3) is 0 Å². The van der Waals surface area contributed by atoms with E-state index in [-0.39, 0.29) is 10.7 Å². The van der Waals surface area contributed by atoms with Gasteiger partial charge in [-0.05, 0) is 53.2 Å². The summed E-state index contributed by atoms with van der Waals surface area (Å²) in [5.74, 6) is 0.00312. The van der Waals surface area contributed by atoms with Crippen molar-refractivity contribution in [1.82, 2.24) is 5.32 Å². The summed E-state index contributed by atoms with van der Waals surface area (Å²) in [7, 11) is 0. The highest BCUT2D eigenvalue weighted by molar-refractivity contribution is 9.11. The van der Waals surface area contributed by atoms with Crippen molar-refractivity contribution in [3.05, 3.63) is 32.7 Å². The van der Waals surface area contributed by atoms with Crippen molar-refractivity contribution in [3.8, 4) is 0 Å². The second kappa shape index (κ2) is 7.32. The highest BCUT2D eigenvalue weighted by Crippen LogP contribution is 2.38. The third-order valence-corrected chi connectivity index (χ3v) is 6.51. The molecule has 2 nitrogen and oxygen atoms in total. The van der Waals surface area contributed by atoms with Gasteiger partial charge in [-0.15, -0.1) is 0 Å². The van der Waals surface area contributed by atoms with Gasteiger partial charge in [0.05, 0.1) is 5.56 Å². The van der Waals surface area contributed by atoms with E-state index in [1.807, 2.05) is 30.0 Å². The Kier molecular flexibility index (Phi) is 5.99. The average Bonchev–Trinajstić information content (AvgIpc) is 2.46. The van der Waals surface area contributed by atoms with E-state index >= 15 is 0 Å². The van der Waals surface area contributed by atoms with E-state index in [2.05, 4.69) is 43.4 Å². The third-order valence-electron chi connectivity index (χ3n) is 3.94. The van der Waals surface area contributed by atoms with Crippen molar-refractivity contribution in [2.45, 2.75) is 36.9 Å². The number of carbonyl (C=O) groups excluding carboxylic acids is 1. The van der Waals surface area contributed by atoms with Crippen LogP contribution in [0.1, 0.15) is 42.5 Å². The van der Waals surface area contributed by atoms with Gasteiger partial charge in [0.15, 0.2) is 0 Å². The molecule has 1 N–H and O–H groups in total. The topological polar surface area (TPSA) is 29.1 Å². The summed E-state index contributed by atoms with van der Waals surface area (Å²) in [5.41, 5.74) is 0.695. The second-order valence-corrected chi connectivity index (χ2v) is 8.30. The molecule has 1 aromatic carbocycles. The van der Waals surface area contributed by atoms with Gasteiger partial charge >= 0.3 is 0 Å². The Morgan fingerprint density at radius 2 is 2.00 bits per heavy atom. The maximum absolute atomic E-state index is 12.3. The summed E-state index contributed by atoms with van der Waals surface area (Å²) < 4.78 is 2.02.